The average molecular weight is 297 g/mol. The lowest BCUT2D eigenvalue weighted by Crippen LogP contribution is -2.45. The zero-order chi connectivity index (χ0) is 15.6. The molecule has 0 atom stereocenters. The summed E-state index contributed by atoms with van der Waals surface area (Å²) in [4.78, 5) is 11.8. The Balaban J connectivity index is 2.07. The van der Waals surface area contributed by atoms with Crippen LogP contribution in [0.1, 0.15) is 90.9 Å². The molecule has 0 heterocycles. The number of carbonyl (C=O) groups is 1. The Labute approximate surface area is 130 Å². The molecule has 2 N–H and O–H groups in total. The third-order valence-electron chi connectivity index (χ3n) is 4.99. The maximum atomic E-state index is 11.8. The standard InChI is InChI=1S/C18H35NO2/c1-3-5-6-7-8-9-10-17(20)19-15-18(21)13-11-16(4-2)12-14-18/h16,21H,3-15H2,1-2H3,(H,19,20). The molecule has 1 fully saturated rings. The van der Waals surface area contributed by atoms with E-state index < -0.39 is 5.60 Å². The molecule has 0 saturated heterocycles. The van der Waals surface area contributed by atoms with Crippen LogP contribution in [0.3, 0.4) is 0 Å². The van der Waals surface area contributed by atoms with Gasteiger partial charge in [0, 0.05) is 13.0 Å². The number of rotatable bonds is 10. The van der Waals surface area contributed by atoms with Gasteiger partial charge >= 0.3 is 0 Å². The Hall–Kier alpha value is -0.570. The van der Waals surface area contributed by atoms with Crippen LogP contribution in [0.4, 0.5) is 0 Å². The van der Waals surface area contributed by atoms with Crippen LogP contribution in [0, 0.1) is 5.92 Å². The van der Waals surface area contributed by atoms with E-state index in [2.05, 4.69) is 19.2 Å². The SMILES string of the molecule is CCCCCCCCC(=O)NCC1(O)CCC(CC)CC1. The maximum absolute atomic E-state index is 11.8. The molecule has 1 aliphatic rings. The minimum absolute atomic E-state index is 0.108. The summed E-state index contributed by atoms with van der Waals surface area (Å²) in [5, 5.41) is 13.4. The fourth-order valence-corrected chi connectivity index (χ4v) is 3.22. The Morgan fingerprint density at radius 2 is 1.71 bits per heavy atom. The van der Waals surface area contributed by atoms with E-state index in [0.29, 0.717) is 13.0 Å². The van der Waals surface area contributed by atoms with Crippen LogP contribution in [0.15, 0.2) is 0 Å². The molecule has 0 aromatic heterocycles. The number of amides is 1. The van der Waals surface area contributed by atoms with Gasteiger partial charge in [-0.15, -0.1) is 0 Å². The Kier molecular flexibility index (Phi) is 8.98. The van der Waals surface area contributed by atoms with Gasteiger partial charge in [0.15, 0.2) is 0 Å². The van der Waals surface area contributed by atoms with Gasteiger partial charge < -0.3 is 10.4 Å². The number of hydrogen-bond acceptors (Lipinski definition) is 2. The maximum Gasteiger partial charge on any atom is 0.220 e. The van der Waals surface area contributed by atoms with Gasteiger partial charge in [0.05, 0.1) is 5.60 Å². The monoisotopic (exact) mass is 297 g/mol. The van der Waals surface area contributed by atoms with E-state index in [4.69, 9.17) is 0 Å². The molecular weight excluding hydrogens is 262 g/mol. The Bertz CT molecular complexity index is 283. The quantitative estimate of drug-likeness (QED) is 0.594. The number of hydrogen-bond donors (Lipinski definition) is 2. The van der Waals surface area contributed by atoms with Crippen LogP contribution in [0.25, 0.3) is 0 Å². The Morgan fingerprint density at radius 3 is 2.33 bits per heavy atom. The summed E-state index contributed by atoms with van der Waals surface area (Å²) >= 11 is 0. The van der Waals surface area contributed by atoms with E-state index in [0.717, 1.165) is 44.4 Å². The van der Waals surface area contributed by atoms with E-state index in [1.807, 2.05) is 0 Å². The van der Waals surface area contributed by atoms with Gasteiger partial charge in [0.25, 0.3) is 0 Å². The lowest BCUT2D eigenvalue weighted by molar-refractivity contribution is -0.123. The van der Waals surface area contributed by atoms with Gasteiger partial charge in [0.1, 0.15) is 0 Å². The van der Waals surface area contributed by atoms with Crippen molar-refractivity contribution >= 4 is 5.91 Å². The van der Waals surface area contributed by atoms with Crippen molar-refractivity contribution in [3.8, 4) is 0 Å². The Morgan fingerprint density at radius 1 is 1.10 bits per heavy atom. The van der Waals surface area contributed by atoms with Crippen LogP contribution < -0.4 is 5.32 Å². The molecule has 21 heavy (non-hydrogen) atoms. The summed E-state index contributed by atoms with van der Waals surface area (Å²) in [7, 11) is 0. The van der Waals surface area contributed by atoms with Crippen molar-refractivity contribution in [3.63, 3.8) is 0 Å². The summed E-state index contributed by atoms with van der Waals surface area (Å²) in [6.45, 7) is 4.88. The van der Waals surface area contributed by atoms with Gasteiger partial charge in [-0.1, -0.05) is 52.4 Å². The van der Waals surface area contributed by atoms with Crippen LogP contribution >= 0.6 is 0 Å². The molecule has 0 unspecified atom stereocenters. The molecule has 3 heteroatoms. The first kappa shape index (κ1) is 18.5. The van der Waals surface area contributed by atoms with Gasteiger partial charge in [-0.05, 0) is 38.0 Å². The van der Waals surface area contributed by atoms with Crippen molar-refractivity contribution in [3.05, 3.63) is 0 Å². The van der Waals surface area contributed by atoms with Gasteiger partial charge in [0.2, 0.25) is 5.91 Å². The van der Waals surface area contributed by atoms with Crippen molar-refractivity contribution in [1.29, 1.82) is 0 Å². The third kappa shape index (κ3) is 7.85. The molecule has 1 aliphatic carbocycles. The molecule has 0 aromatic carbocycles. The van der Waals surface area contributed by atoms with Crippen LogP contribution in [-0.4, -0.2) is 23.2 Å². The van der Waals surface area contributed by atoms with E-state index in [1.165, 1.54) is 32.1 Å². The zero-order valence-electron chi connectivity index (χ0n) is 14.1. The average Bonchev–Trinajstić information content (AvgIpc) is 2.50. The fraction of sp³-hybridized carbons (Fsp3) is 0.944. The minimum atomic E-state index is -0.650. The van der Waals surface area contributed by atoms with E-state index in [-0.39, 0.29) is 5.91 Å². The van der Waals surface area contributed by atoms with E-state index in [9.17, 15) is 9.90 Å². The molecule has 0 aliphatic heterocycles. The lowest BCUT2D eigenvalue weighted by atomic mass is 9.78. The van der Waals surface area contributed by atoms with Gasteiger partial charge in [-0.25, -0.2) is 0 Å². The number of unbranched alkanes of at least 4 members (excludes halogenated alkanes) is 5. The first-order chi connectivity index (χ1) is 10.1. The van der Waals surface area contributed by atoms with Crippen molar-refractivity contribution < 1.29 is 9.90 Å². The van der Waals surface area contributed by atoms with Crippen molar-refractivity contribution in [2.24, 2.45) is 5.92 Å². The molecule has 0 radical (unpaired) electrons. The lowest BCUT2D eigenvalue weighted by Gasteiger charge is -2.35. The normalized spacial score (nSPS) is 25.8. The molecule has 124 valence electrons. The zero-order valence-corrected chi connectivity index (χ0v) is 14.1. The summed E-state index contributed by atoms with van der Waals surface area (Å²) in [5.74, 6) is 0.876. The third-order valence-corrected chi connectivity index (χ3v) is 4.99. The first-order valence-corrected chi connectivity index (χ1v) is 9.08. The van der Waals surface area contributed by atoms with Crippen LogP contribution in [0.2, 0.25) is 0 Å². The molecule has 1 rings (SSSR count). The minimum Gasteiger partial charge on any atom is -0.388 e. The molecule has 0 bridgehead atoms. The van der Waals surface area contributed by atoms with E-state index in [1.54, 1.807) is 0 Å². The predicted octanol–water partition coefficient (Wildman–Crippen LogP) is 4.18. The smallest absolute Gasteiger partial charge is 0.220 e. The second kappa shape index (κ2) is 10.2. The predicted molar refractivity (Wildman–Crippen MR) is 88.2 cm³/mol. The second-order valence-corrected chi connectivity index (χ2v) is 6.87. The molecule has 0 aromatic rings. The molecule has 3 nitrogen and oxygen atoms in total. The largest absolute Gasteiger partial charge is 0.388 e. The van der Waals surface area contributed by atoms with Gasteiger partial charge in [-0.3, -0.25) is 4.79 Å². The highest BCUT2D eigenvalue weighted by molar-refractivity contribution is 5.75. The van der Waals surface area contributed by atoms with Crippen molar-refractivity contribution in [1.82, 2.24) is 5.32 Å². The van der Waals surface area contributed by atoms with Crippen LogP contribution in [0.5, 0.6) is 0 Å². The van der Waals surface area contributed by atoms with Crippen molar-refractivity contribution in [2.45, 2.75) is 96.5 Å². The first-order valence-electron chi connectivity index (χ1n) is 9.08. The molecule has 1 amide bonds. The summed E-state index contributed by atoms with van der Waals surface area (Å²) in [6, 6.07) is 0. The topological polar surface area (TPSA) is 49.3 Å². The number of nitrogens with one attached hydrogen (secondary N) is 1. The number of carbonyl (C=O) groups excluding carboxylic acids is 1. The highest BCUT2D eigenvalue weighted by Crippen LogP contribution is 2.33. The summed E-state index contributed by atoms with van der Waals surface area (Å²) in [5.41, 5.74) is -0.650. The number of aliphatic hydroxyl groups is 1. The van der Waals surface area contributed by atoms with Crippen molar-refractivity contribution in [2.75, 3.05) is 6.54 Å². The highest BCUT2D eigenvalue weighted by atomic mass is 16.3. The van der Waals surface area contributed by atoms with Gasteiger partial charge in [-0.2, -0.15) is 0 Å². The van der Waals surface area contributed by atoms with E-state index >= 15 is 0 Å². The highest BCUT2D eigenvalue weighted by Gasteiger charge is 2.32. The molecular formula is C18H35NO2. The molecule has 0 spiro atoms. The molecule has 1 saturated carbocycles. The second-order valence-electron chi connectivity index (χ2n) is 6.87. The van der Waals surface area contributed by atoms with Crippen LogP contribution in [-0.2, 0) is 4.79 Å². The fourth-order valence-electron chi connectivity index (χ4n) is 3.22. The summed E-state index contributed by atoms with van der Waals surface area (Å²) in [6.07, 6.45) is 12.9. The summed E-state index contributed by atoms with van der Waals surface area (Å²) < 4.78 is 0.